The molecular weight excluding hydrogens is 268 g/mol. The fourth-order valence-electron chi connectivity index (χ4n) is 1.57. The number of aromatic nitrogens is 2. The van der Waals surface area contributed by atoms with E-state index in [2.05, 4.69) is 20.6 Å². The van der Waals surface area contributed by atoms with E-state index in [1.165, 1.54) is 12.4 Å². The van der Waals surface area contributed by atoms with Crippen LogP contribution in [0.25, 0.3) is 0 Å². The van der Waals surface area contributed by atoms with Crippen molar-refractivity contribution in [1.82, 2.24) is 20.2 Å². The summed E-state index contributed by atoms with van der Waals surface area (Å²) in [4.78, 5) is 7.89. The van der Waals surface area contributed by atoms with E-state index in [1.807, 2.05) is 6.92 Å². The second kappa shape index (κ2) is 9.24. The molecule has 6 nitrogen and oxygen atoms in total. The molecule has 20 heavy (non-hydrogen) atoms. The first-order valence-corrected chi connectivity index (χ1v) is 6.51. The summed E-state index contributed by atoms with van der Waals surface area (Å²) in [5.41, 5.74) is 0. The van der Waals surface area contributed by atoms with Gasteiger partial charge in [-0.2, -0.15) is 8.78 Å². The van der Waals surface area contributed by atoms with Gasteiger partial charge in [-0.05, 0) is 13.3 Å². The number of nitrogens with one attached hydrogen (secondary N) is 2. The van der Waals surface area contributed by atoms with Gasteiger partial charge in [-0.1, -0.05) is 0 Å². The first kappa shape index (κ1) is 16.4. The lowest BCUT2D eigenvalue weighted by Crippen LogP contribution is -2.38. The lowest BCUT2D eigenvalue weighted by Gasteiger charge is -2.12. The van der Waals surface area contributed by atoms with E-state index >= 15 is 0 Å². The molecule has 0 fully saturated rings. The van der Waals surface area contributed by atoms with Gasteiger partial charge in [0.05, 0.1) is 6.54 Å². The van der Waals surface area contributed by atoms with Gasteiger partial charge in [0.2, 0.25) is 0 Å². The number of hydrogen-bond acceptors (Lipinski definition) is 3. The zero-order valence-electron chi connectivity index (χ0n) is 11.8. The molecule has 0 radical (unpaired) electrons. The number of halogens is 2. The first-order valence-electron chi connectivity index (χ1n) is 6.51. The van der Waals surface area contributed by atoms with Crippen LogP contribution in [0.1, 0.15) is 25.7 Å². The molecular formula is C12H21F2N5O. The first-order chi connectivity index (χ1) is 9.69. The molecule has 114 valence electrons. The zero-order chi connectivity index (χ0) is 14.8. The Balaban J connectivity index is 2.32. The monoisotopic (exact) mass is 289 g/mol. The van der Waals surface area contributed by atoms with Crippen LogP contribution in [-0.2, 0) is 11.3 Å². The van der Waals surface area contributed by atoms with Gasteiger partial charge in [-0.15, -0.1) is 0 Å². The number of guanidine groups is 1. The summed E-state index contributed by atoms with van der Waals surface area (Å²) in [6.45, 7) is 1.61. The maximum Gasteiger partial charge on any atom is 0.319 e. The SMILES string of the molecule is CCOCCCNC(=NC)NCc1nccn1C(F)F. The highest BCUT2D eigenvalue weighted by molar-refractivity contribution is 5.79. The Labute approximate surface area is 117 Å². The summed E-state index contributed by atoms with van der Waals surface area (Å²) in [5.74, 6) is 0.808. The van der Waals surface area contributed by atoms with Crippen LogP contribution in [0.3, 0.4) is 0 Å². The van der Waals surface area contributed by atoms with Crippen molar-refractivity contribution in [3.05, 3.63) is 18.2 Å². The van der Waals surface area contributed by atoms with E-state index in [4.69, 9.17) is 4.74 Å². The van der Waals surface area contributed by atoms with Gasteiger partial charge in [-0.25, -0.2) is 4.98 Å². The van der Waals surface area contributed by atoms with Gasteiger partial charge in [0.25, 0.3) is 0 Å². The molecule has 1 aromatic heterocycles. The largest absolute Gasteiger partial charge is 0.382 e. The number of alkyl halides is 2. The predicted molar refractivity (Wildman–Crippen MR) is 72.8 cm³/mol. The van der Waals surface area contributed by atoms with Gasteiger partial charge in [-0.3, -0.25) is 9.56 Å². The Hall–Kier alpha value is -1.70. The Morgan fingerprint density at radius 2 is 2.30 bits per heavy atom. The summed E-state index contributed by atoms with van der Waals surface area (Å²) in [5, 5.41) is 6.01. The average Bonchev–Trinajstić information content (AvgIpc) is 2.90. The molecule has 0 bridgehead atoms. The highest BCUT2D eigenvalue weighted by atomic mass is 19.3. The fourth-order valence-corrected chi connectivity index (χ4v) is 1.57. The smallest absolute Gasteiger partial charge is 0.319 e. The van der Waals surface area contributed by atoms with E-state index in [-0.39, 0.29) is 12.4 Å². The molecule has 2 N–H and O–H groups in total. The number of imidazole rings is 1. The highest BCUT2D eigenvalue weighted by Crippen LogP contribution is 2.11. The molecule has 8 heteroatoms. The molecule has 0 atom stereocenters. The molecule has 1 heterocycles. The second-order valence-corrected chi connectivity index (χ2v) is 3.93. The van der Waals surface area contributed by atoms with Crippen LogP contribution in [0.2, 0.25) is 0 Å². The van der Waals surface area contributed by atoms with Crippen LogP contribution in [-0.4, -0.2) is 42.3 Å². The predicted octanol–water partition coefficient (Wildman–Crippen LogP) is 1.37. The minimum absolute atomic E-state index is 0.183. The summed E-state index contributed by atoms with van der Waals surface area (Å²) in [6.07, 6.45) is 3.45. The molecule has 0 unspecified atom stereocenters. The van der Waals surface area contributed by atoms with E-state index in [0.717, 1.165) is 11.0 Å². The molecule has 0 spiro atoms. The summed E-state index contributed by atoms with van der Waals surface area (Å²) in [6, 6.07) is 0. The topological polar surface area (TPSA) is 63.5 Å². The number of hydrogen-bond donors (Lipinski definition) is 2. The lowest BCUT2D eigenvalue weighted by molar-refractivity contribution is 0.0668. The van der Waals surface area contributed by atoms with Crippen molar-refractivity contribution in [3.8, 4) is 0 Å². The minimum Gasteiger partial charge on any atom is -0.382 e. The van der Waals surface area contributed by atoms with Crippen LogP contribution in [0, 0.1) is 0 Å². The normalized spacial score (nSPS) is 11.9. The maximum absolute atomic E-state index is 12.6. The van der Waals surface area contributed by atoms with Crippen molar-refractivity contribution in [2.24, 2.45) is 4.99 Å². The fraction of sp³-hybridized carbons (Fsp3) is 0.667. The van der Waals surface area contributed by atoms with Crippen LogP contribution < -0.4 is 10.6 Å². The number of rotatable bonds is 8. The molecule has 0 saturated heterocycles. The molecule has 0 aliphatic carbocycles. The molecule has 0 aliphatic rings. The van der Waals surface area contributed by atoms with Crippen molar-refractivity contribution >= 4 is 5.96 Å². The van der Waals surface area contributed by atoms with E-state index in [1.54, 1.807) is 7.05 Å². The van der Waals surface area contributed by atoms with Gasteiger partial charge in [0, 0.05) is 39.2 Å². The van der Waals surface area contributed by atoms with Gasteiger partial charge < -0.3 is 15.4 Å². The molecule has 0 aromatic carbocycles. The zero-order valence-corrected chi connectivity index (χ0v) is 11.8. The molecule has 1 aromatic rings. The molecule has 1 rings (SSSR count). The van der Waals surface area contributed by atoms with Crippen molar-refractivity contribution in [2.75, 3.05) is 26.8 Å². The second-order valence-electron chi connectivity index (χ2n) is 3.93. The molecule has 0 saturated carbocycles. The van der Waals surface area contributed by atoms with Gasteiger partial charge >= 0.3 is 6.55 Å². The maximum atomic E-state index is 12.6. The number of aliphatic imine (C=N–C) groups is 1. The van der Waals surface area contributed by atoms with Gasteiger partial charge in [0.1, 0.15) is 5.82 Å². The Morgan fingerprint density at radius 3 is 2.95 bits per heavy atom. The summed E-state index contributed by atoms with van der Waals surface area (Å²) < 4.78 is 31.3. The lowest BCUT2D eigenvalue weighted by atomic mass is 10.4. The van der Waals surface area contributed by atoms with Gasteiger partial charge in [0.15, 0.2) is 5.96 Å². The average molecular weight is 289 g/mol. The van der Waals surface area contributed by atoms with Crippen molar-refractivity contribution < 1.29 is 13.5 Å². The van der Waals surface area contributed by atoms with Crippen molar-refractivity contribution in [1.29, 1.82) is 0 Å². The summed E-state index contributed by atoms with van der Waals surface area (Å²) in [7, 11) is 1.62. The third-order valence-corrected chi connectivity index (χ3v) is 2.56. The number of nitrogens with zero attached hydrogens (tertiary/aromatic N) is 3. The quantitative estimate of drug-likeness (QED) is 0.431. The molecule has 0 amide bonds. The van der Waals surface area contributed by atoms with E-state index < -0.39 is 6.55 Å². The highest BCUT2D eigenvalue weighted by Gasteiger charge is 2.11. The van der Waals surface area contributed by atoms with Crippen LogP contribution in [0.15, 0.2) is 17.4 Å². The van der Waals surface area contributed by atoms with Crippen molar-refractivity contribution in [2.45, 2.75) is 26.4 Å². The summed E-state index contributed by atoms with van der Waals surface area (Å²) >= 11 is 0. The van der Waals surface area contributed by atoms with Crippen LogP contribution >= 0.6 is 0 Å². The van der Waals surface area contributed by atoms with Crippen LogP contribution in [0.4, 0.5) is 8.78 Å². The Morgan fingerprint density at radius 1 is 1.50 bits per heavy atom. The van der Waals surface area contributed by atoms with Crippen LogP contribution in [0.5, 0.6) is 0 Å². The Kier molecular flexibility index (Phi) is 7.56. The third kappa shape index (κ3) is 5.52. The minimum atomic E-state index is -2.59. The van der Waals surface area contributed by atoms with Crippen molar-refractivity contribution in [3.63, 3.8) is 0 Å². The Bertz CT molecular complexity index is 408. The number of ether oxygens (including phenoxy) is 1. The molecule has 0 aliphatic heterocycles. The standard InChI is InChI=1S/C12H21F2N5O/c1-3-20-8-4-5-17-12(15-2)18-9-10-16-6-7-19(10)11(13)14/h6-7,11H,3-5,8-9H2,1-2H3,(H2,15,17,18). The van der Waals surface area contributed by atoms with E-state index in [9.17, 15) is 8.78 Å². The van der Waals surface area contributed by atoms with E-state index in [0.29, 0.717) is 25.7 Å². The third-order valence-electron chi connectivity index (χ3n) is 2.56.